The average molecular weight is 296 g/mol. The molecule has 0 heterocycles. The van der Waals surface area contributed by atoms with Crippen molar-refractivity contribution < 1.29 is 4.74 Å². The molecule has 2 rings (SSSR count). The molecule has 1 atom stereocenters. The van der Waals surface area contributed by atoms with Crippen LogP contribution in [0.15, 0.2) is 36.4 Å². The first-order valence-electron chi connectivity index (χ1n) is 5.96. The van der Waals surface area contributed by atoms with Gasteiger partial charge in [-0.05, 0) is 55.3 Å². The van der Waals surface area contributed by atoms with Crippen LogP contribution in [0.2, 0.25) is 10.0 Å². The highest BCUT2D eigenvalue weighted by molar-refractivity contribution is 6.32. The third-order valence-corrected chi connectivity index (χ3v) is 3.56. The van der Waals surface area contributed by atoms with Crippen LogP contribution in [0.5, 0.6) is 11.5 Å². The van der Waals surface area contributed by atoms with Crippen LogP contribution >= 0.6 is 23.2 Å². The SMILES string of the molecule is Cc1cc(Oc2ccc(C(C)N)cc2Cl)ccc1Cl. The zero-order chi connectivity index (χ0) is 14.0. The summed E-state index contributed by atoms with van der Waals surface area (Å²) in [6.07, 6.45) is 0. The Hall–Kier alpha value is -1.22. The smallest absolute Gasteiger partial charge is 0.146 e. The Kier molecular flexibility index (Phi) is 4.35. The number of rotatable bonds is 3. The van der Waals surface area contributed by atoms with Crippen LogP contribution in [0.3, 0.4) is 0 Å². The van der Waals surface area contributed by atoms with Gasteiger partial charge in [0.25, 0.3) is 0 Å². The van der Waals surface area contributed by atoms with Gasteiger partial charge in [0.1, 0.15) is 11.5 Å². The average Bonchev–Trinajstić information content (AvgIpc) is 2.36. The predicted octanol–water partition coefficient (Wildman–Crippen LogP) is 5.11. The van der Waals surface area contributed by atoms with Crippen LogP contribution in [0.25, 0.3) is 0 Å². The number of ether oxygens (including phenoxy) is 1. The molecule has 2 nitrogen and oxygen atoms in total. The van der Waals surface area contributed by atoms with E-state index in [2.05, 4.69) is 0 Å². The van der Waals surface area contributed by atoms with E-state index in [1.807, 2.05) is 44.2 Å². The Morgan fingerprint density at radius 1 is 1.05 bits per heavy atom. The van der Waals surface area contributed by atoms with Crippen molar-refractivity contribution in [3.05, 3.63) is 57.6 Å². The molecule has 0 aliphatic carbocycles. The molecule has 4 heteroatoms. The molecule has 0 radical (unpaired) electrons. The maximum atomic E-state index is 6.19. The normalized spacial score (nSPS) is 12.3. The maximum absolute atomic E-state index is 6.19. The standard InChI is InChI=1S/C15H15Cl2NO/c1-9-7-12(4-5-13(9)16)19-15-6-3-11(10(2)18)8-14(15)17/h3-8,10H,18H2,1-2H3. The van der Waals surface area contributed by atoms with Gasteiger partial charge in [0.05, 0.1) is 5.02 Å². The molecular weight excluding hydrogens is 281 g/mol. The van der Waals surface area contributed by atoms with Crippen LogP contribution in [0.4, 0.5) is 0 Å². The molecule has 0 saturated heterocycles. The Balaban J connectivity index is 2.25. The van der Waals surface area contributed by atoms with Crippen molar-refractivity contribution in [3.63, 3.8) is 0 Å². The van der Waals surface area contributed by atoms with Crippen LogP contribution in [0, 0.1) is 6.92 Å². The summed E-state index contributed by atoms with van der Waals surface area (Å²) >= 11 is 12.2. The predicted molar refractivity (Wildman–Crippen MR) is 80.3 cm³/mol. The minimum atomic E-state index is -0.0515. The molecule has 19 heavy (non-hydrogen) atoms. The van der Waals surface area contributed by atoms with Crippen LogP contribution in [0.1, 0.15) is 24.1 Å². The molecule has 2 aromatic carbocycles. The van der Waals surface area contributed by atoms with E-state index in [1.165, 1.54) is 0 Å². The molecule has 0 aliphatic heterocycles. The zero-order valence-corrected chi connectivity index (χ0v) is 12.3. The fourth-order valence-corrected chi connectivity index (χ4v) is 2.04. The molecule has 0 saturated carbocycles. The molecule has 1 unspecified atom stereocenters. The second-order valence-corrected chi connectivity index (χ2v) is 5.31. The Labute approximate surface area is 123 Å². The number of benzene rings is 2. The van der Waals surface area contributed by atoms with Crippen molar-refractivity contribution in [1.29, 1.82) is 0 Å². The van der Waals surface area contributed by atoms with Gasteiger partial charge in [0, 0.05) is 11.1 Å². The molecule has 0 fully saturated rings. The Morgan fingerprint density at radius 2 is 1.79 bits per heavy atom. The first kappa shape index (κ1) is 14.2. The van der Waals surface area contributed by atoms with Gasteiger partial charge < -0.3 is 10.5 Å². The summed E-state index contributed by atoms with van der Waals surface area (Å²) < 4.78 is 5.75. The maximum Gasteiger partial charge on any atom is 0.146 e. The van der Waals surface area contributed by atoms with E-state index in [4.69, 9.17) is 33.7 Å². The van der Waals surface area contributed by atoms with Crippen molar-refractivity contribution in [3.8, 4) is 11.5 Å². The molecule has 0 aromatic heterocycles. The highest BCUT2D eigenvalue weighted by Gasteiger charge is 2.07. The van der Waals surface area contributed by atoms with Crippen molar-refractivity contribution in [2.24, 2.45) is 5.73 Å². The second kappa shape index (κ2) is 5.83. The first-order chi connectivity index (χ1) is 8.97. The summed E-state index contributed by atoms with van der Waals surface area (Å²) in [6.45, 7) is 3.84. The monoisotopic (exact) mass is 295 g/mol. The summed E-state index contributed by atoms with van der Waals surface area (Å²) in [6, 6.07) is 11.0. The van der Waals surface area contributed by atoms with Crippen molar-refractivity contribution in [1.82, 2.24) is 0 Å². The number of hydrogen-bond donors (Lipinski definition) is 1. The van der Waals surface area contributed by atoms with E-state index in [1.54, 1.807) is 6.07 Å². The summed E-state index contributed by atoms with van der Waals surface area (Å²) in [5, 5.41) is 1.26. The number of hydrogen-bond acceptors (Lipinski definition) is 2. The summed E-state index contributed by atoms with van der Waals surface area (Å²) in [4.78, 5) is 0. The molecule has 0 aliphatic rings. The van der Waals surface area contributed by atoms with Gasteiger partial charge >= 0.3 is 0 Å². The van der Waals surface area contributed by atoms with Crippen LogP contribution in [-0.4, -0.2) is 0 Å². The van der Waals surface area contributed by atoms with Gasteiger partial charge in [-0.3, -0.25) is 0 Å². The highest BCUT2D eigenvalue weighted by atomic mass is 35.5. The molecule has 2 aromatic rings. The lowest BCUT2D eigenvalue weighted by Crippen LogP contribution is -2.04. The van der Waals surface area contributed by atoms with Gasteiger partial charge in [-0.2, -0.15) is 0 Å². The fraction of sp³-hybridized carbons (Fsp3) is 0.200. The number of nitrogens with two attached hydrogens (primary N) is 1. The lowest BCUT2D eigenvalue weighted by atomic mass is 10.1. The summed E-state index contributed by atoms with van der Waals surface area (Å²) in [5.74, 6) is 1.31. The third-order valence-electron chi connectivity index (χ3n) is 2.84. The van der Waals surface area contributed by atoms with E-state index < -0.39 is 0 Å². The van der Waals surface area contributed by atoms with E-state index in [9.17, 15) is 0 Å². The molecule has 0 amide bonds. The van der Waals surface area contributed by atoms with Gasteiger partial charge in [-0.15, -0.1) is 0 Å². The van der Waals surface area contributed by atoms with Gasteiger partial charge in [-0.1, -0.05) is 29.3 Å². The van der Waals surface area contributed by atoms with Crippen molar-refractivity contribution in [2.75, 3.05) is 0 Å². The first-order valence-corrected chi connectivity index (χ1v) is 6.72. The van der Waals surface area contributed by atoms with Crippen LogP contribution in [-0.2, 0) is 0 Å². The molecule has 2 N–H and O–H groups in total. The second-order valence-electron chi connectivity index (χ2n) is 4.49. The van der Waals surface area contributed by atoms with E-state index in [0.717, 1.165) is 11.1 Å². The number of halogens is 2. The highest BCUT2D eigenvalue weighted by Crippen LogP contribution is 2.32. The Bertz CT molecular complexity index is 597. The molecule has 0 spiro atoms. The van der Waals surface area contributed by atoms with E-state index >= 15 is 0 Å². The zero-order valence-electron chi connectivity index (χ0n) is 10.8. The fourth-order valence-electron chi connectivity index (χ4n) is 1.69. The largest absolute Gasteiger partial charge is 0.456 e. The lowest BCUT2D eigenvalue weighted by molar-refractivity contribution is 0.482. The summed E-state index contributed by atoms with van der Waals surface area (Å²) in [5.41, 5.74) is 7.74. The van der Waals surface area contributed by atoms with E-state index in [0.29, 0.717) is 21.5 Å². The quantitative estimate of drug-likeness (QED) is 0.853. The topological polar surface area (TPSA) is 35.2 Å². The summed E-state index contributed by atoms with van der Waals surface area (Å²) in [7, 11) is 0. The van der Waals surface area contributed by atoms with Gasteiger partial charge in [0.2, 0.25) is 0 Å². The molecular formula is C15H15Cl2NO. The minimum Gasteiger partial charge on any atom is -0.456 e. The van der Waals surface area contributed by atoms with E-state index in [-0.39, 0.29) is 6.04 Å². The molecule has 100 valence electrons. The van der Waals surface area contributed by atoms with Crippen LogP contribution < -0.4 is 10.5 Å². The lowest BCUT2D eigenvalue weighted by Gasteiger charge is -2.11. The molecule has 0 bridgehead atoms. The third kappa shape index (κ3) is 3.41. The minimum absolute atomic E-state index is 0.0515. The Morgan fingerprint density at radius 3 is 2.37 bits per heavy atom. The van der Waals surface area contributed by atoms with Gasteiger partial charge in [-0.25, -0.2) is 0 Å². The number of aryl methyl sites for hydroxylation is 1. The van der Waals surface area contributed by atoms with Gasteiger partial charge in [0.15, 0.2) is 0 Å². The van der Waals surface area contributed by atoms with Crippen molar-refractivity contribution in [2.45, 2.75) is 19.9 Å². The van der Waals surface area contributed by atoms with Crippen molar-refractivity contribution >= 4 is 23.2 Å².